The maximum absolute atomic E-state index is 11.7. The molecule has 2 heterocycles. The Hall–Kier alpha value is -3.65. The first-order valence-electron chi connectivity index (χ1n) is 10.0. The maximum atomic E-state index is 11.7. The van der Waals surface area contributed by atoms with Crippen molar-refractivity contribution in [2.75, 3.05) is 12.9 Å². The molecule has 0 bridgehead atoms. The Kier molecular flexibility index (Phi) is 6.81. The molecule has 7 nitrogen and oxygen atoms in total. The van der Waals surface area contributed by atoms with Gasteiger partial charge in [-0.25, -0.2) is 0 Å². The summed E-state index contributed by atoms with van der Waals surface area (Å²) in [7, 11) is 1.62. The number of methoxy groups -OCH3 is 1. The van der Waals surface area contributed by atoms with Crippen LogP contribution in [0.25, 0.3) is 17.2 Å². The molecule has 0 amide bonds. The van der Waals surface area contributed by atoms with Gasteiger partial charge in [-0.2, -0.15) is 0 Å². The Bertz CT molecular complexity index is 1170. The van der Waals surface area contributed by atoms with Gasteiger partial charge in [-0.1, -0.05) is 48.2 Å². The van der Waals surface area contributed by atoms with Crippen molar-refractivity contribution >= 4 is 17.7 Å². The van der Waals surface area contributed by atoms with Gasteiger partial charge in [-0.05, 0) is 42.0 Å². The van der Waals surface area contributed by atoms with Crippen LogP contribution >= 0.6 is 11.8 Å². The monoisotopic (exact) mass is 446 g/mol. The number of hydrogen-bond donors (Lipinski definition) is 0. The number of ether oxygens (including phenoxy) is 2. The highest BCUT2D eigenvalue weighted by molar-refractivity contribution is 7.99. The minimum atomic E-state index is -0.442. The number of esters is 1. The third-order valence-corrected chi connectivity index (χ3v) is 5.69. The Balaban J connectivity index is 1.65. The van der Waals surface area contributed by atoms with E-state index >= 15 is 0 Å². The van der Waals surface area contributed by atoms with Crippen LogP contribution in [0.15, 0.2) is 84.1 Å². The van der Waals surface area contributed by atoms with Crippen LogP contribution in [0.1, 0.15) is 18.6 Å². The van der Waals surface area contributed by atoms with Crippen molar-refractivity contribution in [3.8, 4) is 23.0 Å². The van der Waals surface area contributed by atoms with Gasteiger partial charge in [0.15, 0.2) is 11.0 Å². The molecule has 0 aliphatic carbocycles. The van der Waals surface area contributed by atoms with E-state index in [9.17, 15) is 4.79 Å². The van der Waals surface area contributed by atoms with Gasteiger partial charge in [-0.15, -0.1) is 10.2 Å². The lowest BCUT2D eigenvalue weighted by Crippen LogP contribution is -2.11. The lowest BCUT2D eigenvalue weighted by Gasteiger charge is -2.18. The number of benzene rings is 2. The molecule has 32 heavy (non-hydrogen) atoms. The molecule has 1 atom stereocenters. The molecule has 1 unspecified atom stereocenters. The highest BCUT2D eigenvalue weighted by Crippen LogP contribution is 2.31. The molecule has 0 radical (unpaired) electrons. The molecule has 0 spiro atoms. The standard InChI is InChI=1S/C24H22N4O3S/c1-17(29)31-22(18-11-13-20(30-2)14-12-18)16-32-24-27-26-23(21-10-6-7-15-25-21)28(24)19-8-4-3-5-9-19/h3-15,22H,16H2,1-2H3. The number of thioether (sulfide) groups is 1. The second-order valence-electron chi connectivity index (χ2n) is 6.87. The summed E-state index contributed by atoms with van der Waals surface area (Å²) in [5.74, 6) is 1.52. The first-order valence-corrected chi connectivity index (χ1v) is 11.0. The Labute approximate surface area is 190 Å². The van der Waals surface area contributed by atoms with Crippen LogP contribution < -0.4 is 4.74 Å². The molecule has 0 saturated carbocycles. The van der Waals surface area contributed by atoms with E-state index < -0.39 is 6.10 Å². The number of aromatic nitrogens is 4. The molecule has 0 fully saturated rings. The number of rotatable bonds is 8. The largest absolute Gasteiger partial charge is 0.497 e. The molecule has 2 aromatic carbocycles. The van der Waals surface area contributed by atoms with E-state index in [4.69, 9.17) is 9.47 Å². The minimum absolute atomic E-state index is 0.342. The zero-order valence-electron chi connectivity index (χ0n) is 17.7. The van der Waals surface area contributed by atoms with E-state index in [1.54, 1.807) is 13.3 Å². The third-order valence-electron chi connectivity index (χ3n) is 4.70. The highest BCUT2D eigenvalue weighted by Gasteiger charge is 2.21. The number of carbonyl (C=O) groups is 1. The summed E-state index contributed by atoms with van der Waals surface area (Å²) in [6.45, 7) is 1.41. The molecule has 4 aromatic rings. The average molecular weight is 447 g/mol. The summed E-state index contributed by atoms with van der Waals surface area (Å²) >= 11 is 1.47. The van der Waals surface area contributed by atoms with Gasteiger partial charge < -0.3 is 9.47 Å². The fourth-order valence-corrected chi connectivity index (χ4v) is 4.18. The van der Waals surface area contributed by atoms with Gasteiger partial charge in [0.2, 0.25) is 0 Å². The van der Waals surface area contributed by atoms with Crippen molar-refractivity contribution in [2.24, 2.45) is 0 Å². The Morgan fingerprint density at radius 1 is 1.00 bits per heavy atom. The van der Waals surface area contributed by atoms with Crippen molar-refractivity contribution < 1.29 is 14.3 Å². The summed E-state index contributed by atoms with van der Waals surface area (Å²) in [5, 5.41) is 9.50. The van der Waals surface area contributed by atoms with Crippen LogP contribution in [0.3, 0.4) is 0 Å². The van der Waals surface area contributed by atoms with Crippen LogP contribution in [0.5, 0.6) is 5.75 Å². The normalized spacial score (nSPS) is 11.7. The van der Waals surface area contributed by atoms with Gasteiger partial charge >= 0.3 is 5.97 Å². The van der Waals surface area contributed by atoms with E-state index in [-0.39, 0.29) is 5.97 Å². The number of carbonyl (C=O) groups excluding carboxylic acids is 1. The molecule has 0 N–H and O–H groups in total. The molecule has 0 aliphatic rings. The zero-order chi connectivity index (χ0) is 22.3. The summed E-state index contributed by atoms with van der Waals surface area (Å²) in [6, 6.07) is 23.0. The first-order chi connectivity index (χ1) is 15.7. The summed E-state index contributed by atoms with van der Waals surface area (Å²) in [5.41, 5.74) is 2.53. The van der Waals surface area contributed by atoms with Gasteiger partial charge in [-0.3, -0.25) is 14.3 Å². The lowest BCUT2D eigenvalue weighted by atomic mass is 10.1. The molecule has 2 aromatic heterocycles. The van der Waals surface area contributed by atoms with E-state index in [0.29, 0.717) is 16.7 Å². The van der Waals surface area contributed by atoms with Gasteiger partial charge in [0.1, 0.15) is 17.5 Å². The Morgan fingerprint density at radius 3 is 2.41 bits per heavy atom. The molecule has 0 saturated heterocycles. The fraction of sp³-hybridized carbons (Fsp3) is 0.167. The SMILES string of the molecule is COc1ccc(C(CSc2nnc(-c3ccccn3)n2-c2ccccc2)OC(C)=O)cc1. The zero-order valence-corrected chi connectivity index (χ0v) is 18.5. The minimum Gasteiger partial charge on any atom is -0.497 e. The van der Waals surface area contributed by atoms with E-state index in [1.807, 2.05) is 77.4 Å². The number of pyridine rings is 1. The molecular weight excluding hydrogens is 424 g/mol. The van der Waals surface area contributed by atoms with Crippen LogP contribution in [0.2, 0.25) is 0 Å². The topological polar surface area (TPSA) is 79.1 Å². The van der Waals surface area contributed by atoms with E-state index in [1.165, 1.54) is 18.7 Å². The average Bonchev–Trinajstić information content (AvgIpc) is 3.27. The number of para-hydroxylation sites is 1. The highest BCUT2D eigenvalue weighted by atomic mass is 32.2. The maximum Gasteiger partial charge on any atom is 0.303 e. The van der Waals surface area contributed by atoms with Gasteiger partial charge in [0, 0.05) is 24.6 Å². The first kappa shape index (κ1) is 21.6. The molecule has 4 rings (SSSR count). The van der Waals surface area contributed by atoms with Gasteiger partial charge in [0.25, 0.3) is 0 Å². The Morgan fingerprint density at radius 2 is 1.75 bits per heavy atom. The summed E-state index contributed by atoms with van der Waals surface area (Å²) in [6.07, 6.45) is 1.29. The molecule has 8 heteroatoms. The second-order valence-corrected chi connectivity index (χ2v) is 7.86. The molecule has 0 aliphatic heterocycles. The second kappa shape index (κ2) is 10.1. The molecular formula is C24H22N4O3S. The van der Waals surface area contributed by atoms with Crippen molar-refractivity contribution in [3.63, 3.8) is 0 Å². The third kappa shape index (κ3) is 4.97. The van der Waals surface area contributed by atoms with Crippen molar-refractivity contribution in [3.05, 3.63) is 84.6 Å². The summed E-state index contributed by atoms with van der Waals surface area (Å²) < 4.78 is 12.8. The number of hydrogen-bond acceptors (Lipinski definition) is 7. The predicted molar refractivity (Wildman–Crippen MR) is 123 cm³/mol. The molecule has 162 valence electrons. The van der Waals surface area contributed by atoms with Crippen LogP contribution in [0, 0.1) is 0 Å². The van der Waals surface area contributed by atoms with Crippen LogP contribution in [-0.2, 0) is 9.53 Å². The van der Waals surface area contributed by atoms with E-state index in [0.717, 1.165) is 22.7 Å². The fourth-order valence-electron chi connectivity index (χ4n) is 3.20. The van der Waals surface area contributed by atoms with Gasteiger partial charge in [0.05, 0.1) is 7.11 Å². The number of nitrogens with zero attached hydrogens (tertiary/aromatic N) is 4. The van der Waals surface area contributed by atoms with Crippen LogP contribution in [0.4, 0.5) is 0 Å². The predicted octanol–water partition coefficient (Wildman–Crippen LogP) is 4.73. The van der Waals surface area contributed by atoms with Crippen LogP contribution in [-0.4, -0.2) is 38.6 Å². The van der Waals surface area contributed by atoms with Crippen molar-refractivity contribution in [2.45, 2.75) is 18.2 Å². The van der Waals surface area contributed by atoms with Crippen molar-refractivity contribution in [1.82, 2.24) is 19.7 Å². The summed E-state index contributed by atoms with van der Waals surface area (Å²) in [4.78, 5) is 16.2. The quantitative estimate of drug-likeness (QED) is 0.286. The lowest BCUT2D eigenvalue weighted by molar-refractivity contribution is -0.145. The van der Waals surface area contributed by atoms with Crippen molar-refractivity contribution in [1.29, 1.82) is 0 Å². The van der Waals surface area contributed by atoms with E-state index in [2.05, 4.69) is 15.2 Å². The smallest absolute Gasteiger partial charge is 0.303 e.